The zero-order chi connectivity index (χ0) is 12.2. The van der Waals surface area contributed by atoms with Crippen molar-refractivity contribution in [3.8, 4) is 0 Å². The van der Waals surface area contributed by atoms with Crippen LogP contribution in [-0.4, -0.2) is 21.3 Å². The van der Waals surface area contributed by atoms with Gasteiger partial charge in [-0.25, -0.2) is 0 Å². The third-order valence-electron chi connectivity index (χ3n) is 3.60. The zero-order valence-corrected chi connectivity index (χ0v) is 11.0. The Labute approximate surface area is 98.2 Å². The molecular weight excluding hydrogens is 200 g/mol. The lowest BCUT2D eigenvalue weighted by atomic mass is 9.81. The molecule has 0 aromatic carbocycles. The van der Waals surface area contributed by atoms with Gasteiger partial charge in [0.1, 0.15) is 11.6 Å². The van der Waals surface area contributed by atoms with Gasteiger partial charge in [-0.2, -0.15) is 0 Å². The van der Waals surface area contributed by atoms with E-state index >= 15 is 0 Å². The number of rotatable bonds is 6. The monoisotopic (exact) mass is 224 g/mol. The summed E-state index contributed by atoms with van der Waals surface area (Å²) in [6.07, 6.45) is 3.13. The van der Waals surface area contributed by atoms with Gasteiger partial charge in [0, 0.05) is 18.5 Å². The summed E-state index contributed by atoms with van der Waals surface area (Å²) in [5.74, 6) is 2.07. The molecule has 0 aliphatic heterocycles. The Kier molecular flexibility index (Phi) is 4.47. The largest absolute Gasteiger partial charge is 0.329 e. The minimum absolute atomic E-state index is 0.00354. The number of aromatic nitrogens is 3. The molecule has 4 nitrogen and oxygen atoms in total. The standard InChI is InChI=1S/C12H24N4/c1-5-8-16-10(4)14-15-11(16)12(6-2,7-3)9-13/h5-9,13H2,1-4H3. The lowest BCUT2D eigenvalue weighted by Crippen LogP contribution is -2.37. The van der Waals surface area contributed by atoms with Crippen LogP contribution >= 0.6 is 0 Å². The van der Waals surface area contributed by atoms with Crippen molar-refractivity contribution in [1.29, 1.82) is 0 Å². The normalized spacial score (nSPS) is 12.1. The number of hydrogen-bond acceptors (Lipinski definition) is 3. The lowest BCUT2D eigenvalue weighted by Gasteiger charge is -2.29. The van der Waals surface area contributed by atoms with Crippen molar-refractivity contribution in [2.24, 2.45) is 5.73 Å². The van der Waals surface area contributed by atoms with Gasteiger partial charge in [-0.15, -0.1) is 10.2 Å². The van der Waals surface area contributed by atoms with E-state index in [4.69, 9.17) is 5.73 Å². The fourth-order valence-corrected chi connectivity index (χ4v) is 2.21. The third-order valence-corrected chi connectivity index (χ3v) is 3.60. The molecule has 1 aromatic rings. The molecule has 92 valence electrons. The van der Waals surface area contributed by atoms with E-state index in [9.17, 15) is 0 Å². The first kappa shape index (κ1) is 13.2. The van der Waals surface area contributed by atoms with Crippen LogP contribution in [0.1, 0.15) is 51.7 Å². The molecule has 0 atom stereocenters. The van der Waals surface area contributed by atoms with Crippen molar-refractivity contribution in [3.05, 3.63) is 11.6 Å². The number of nitrogens with zero attached hydrogens (tertiary/aromatic N) is 3. The summed E-state index contributed by atoms with van der Waals surface area (Å²) in [5, 5.41) is 8.55. The quantitative estimate of drug-likeness (QED) is 0.804. The van der Waals surface area contributed by atoms with Crippen molar-refractivity contribution in [2.45, 2.75) is 58.9 Å². The van der Waals surface area contributed by atoms with Crippen LogP contribution in [0.3, 0.4) is 0 Å². The molecule has 0 saturated heterocycles. The fraction of sp³-hybridized carbons (Fsp3) is 0.833. The highest BCUT2D eigenvalue weighted by Crippen LogP contribution is 2.29. The topological polar surface area (TPSA) is 56.7 Å². The van der Waals surface area contributed by atoms with Gasteiger partial charge >= 0.3 is 0 Å². The van der Waals surface area contributed by atoms with E-state index in [1.807, 2.05) is 6.92 Å². The smallest absolute Gasteiger partial charge is 0.140 e. The first-order chi connectivity index (χ1) is 7.65. The molecule has 4 heteroatoms. The molecule has 16 heavy (non-hydrogen) atoms. The van der Waals surface area contributed by atoms with Crippen LogP contribution in [0, 0.1) is 6.92 Å². The second kappa shape index (κ2) is 5.43. The van der Waals surface area contributed by atoms with E-state index in [-0.39, 0.29) is 5.41 Å². The minimum atomic E-state index is -0.00354. The Bertz CT molecular complexity index is 317. The molecule has 0 bridgehead atoms. The van der Waals surface area contributed by atoms with E-state index < -0.39 is 0 Å². The van der Waals surface area contributed by atoms with Crippen LogP contribution in [0.5, 0.6) is 0 Å². The number of aryl methyl sites for hydroxylation is 1. The molecular formula is C12H24N4. The molecule has 1 heterocycles. The van der Waals surface area contributed by atoms with Gasteiger partial charge in [0.05, 0.1) is 0 Å². The van der Waals surface area contributed by atoms with Crippen LogP contribution in [0.15, 0.2) is 0 Å². The first-order valence-corrected chi connectivity index (χ1v) is 6.25. The van der Waals surface area contributed by atoms with Crippen molar-refractivity contribution < 1.29 is 0 Å². The van der Waals surface area contributed by atoms with Crippen LogP contribution in [-0.2, 0) is 12.0 Å². The Balaban J connectivity index is 3.18. The highest BCUT2D eigenvalue weighted by atomic mass is 15.3. The molecule has 0 unspecified atom stereocenters. The van der Waals surface area contributed by atoms with Crippen molar-refractivity contribution in [1.82, 2.24) is 14.8 Å². The lowest BCUT2D eigenvalue weighted by molar-refractivity contribution is 0.362. The van der Waals surface area contributed by atoms with Crippen LogP contribution in [0.25, 0.3) is 0 Å². The van der Waals surface area contributed by atoms with Crippen molar-refractivity contribution >= 4 is 0 Å². The van der Waals surface area contributed by atoms with E-state index in [2.05, 4.69) is 35.5 Å². The Morgan fingerprint density at radius 1 is 1.19 bits per heavy atom. The molecule has 0 aliphatic rings. The predicted molar refractivity (Wildman–Crippen MR) is 66.4 cm³/mol. The van der Waals surface area contributed by atoms with Gasteiger partial charge in [0.25, 0.3) is 0 Å². The number of nitrogens with two attached hydrogens (primary N) is 1. The molecule has 0 aliphatic carbocycles. The van der Waals surface area contributed by atoms with Crippen LogP contribution < -0.4 is 5.73 Å². The highest BCUT2D eigenvalue weighted by Gasteiger charge is 2.32. The summed E-state index contributed by atoms with van der Waals surface area (Å²) in [6.45, 7) is 10.2. The molecule has 1 aromatic heterocycles. The van der Waals surface area contributed by atoms with Crippen molar-refractivity contribution in [3.63, 3.8) is 0 Å². The van der Waals surface area contributed by atoms with Gasteiger partial charge in [-0.05, 0) is 26.2 Å². The van der Waals surface area contributed by atoms with E-state index in [0.717, 1.165) is 37.5 Å². The SMILES string of the molecule is CCCn1c(C)nnc1C(CC)(CC)CN. The van der Waals surface area contributed by atoms with Gasteiger partial charge in [0.2, 0.25) is 0 Å². The minimum Gasteiger partial charge on any atom is -0.329 e. The maximum atomic E-state index is 5.95. The summed E-state index contributed by atoms with van der Waals surface area (Å²) in [7, 11) is 0. The van der Waals surface area contributed by atoms with E-state index in [1.54, 1.807) is 0 Å². The fourth-order valence-electron chi connectivity index (χ4n) is 2.21. The highest BCUT2D eigenvalue weighted by molar-refractivity contribution is 5.11. The van der Waals surface area contributed by atoms with E-state index in [1.165, 1.54) is 0 Å². The summed E-state index contributed by atoms with van der Waals surface area (Å²) in [4.78, 5) is 0. The van der Waals surface area contributed by atoms with E-state index in [0.29, 0.717) is 6.54 Å². The molecule has 0 saturated carbocycles. The maximum Gasteiger partial charge on any atom is 0.140 e. The first-order valence-electron chi connectivity index (χ1n) is 6.25. The maximum absolute atomic E-state index is 5.95. The zero-order valence-electron chi connectivity index (χ0n) is 11.0. The summed E-state index contributed by atoms with van der Waals surface area (Å²) in [5.41, 5.74) is 5.95. The predicted octanol–water partition coefficient (Wildman–Crippen LogP) is 2.01. The third kappa shape index (κ3) is 2.12. The van der Waals surface area contributed by atoms with Gasteiger partial charge in [-0.1, -0.05) is 20.8 Å². The molecule has 0 spiro atoms. The van der Waals surface area contributed by atoms with Crippen molar-refractivity contribution in [2.75, 3.05) is 6.54 Å². The Morgan fingerprint density at radius 2 is 1.81 bits per heavy atom. The summed E-state index contributed by atoms with van der Waals surface area (Å²) in [6, 6.07) is 0. The van der Waals surface area contributed by atoms with Gasteiger partial charge in [0.15, 0.2) is 0 Å². The Morgan fingerprint density at radius 3 is 2.25 bits per heavy atom. The average Bonchev–Trinajstić information content (AvgIpc) is 2.66. The summed E-state index contributed by atoms with van der Waals surface area (Å²) >= 11 is 0. The molecule has 0 fully saturated rings. The van der Waals surface area contributed by atoms with Gasteiger partial charge < -0.3 is 10.3 Å². The average molecular weight is 224 g/mol. The van der Waals surface area contributed by atoms with Crippen LogP contribution in [0.4, 0.5) is 0 Å². The number of hydrogen-bond donors (Lipinski definition) is 1. The molecule has 0 amide bonds. The molecule has 0 radical (unpaired) electrons. The Hall–Kier alpha value is -0.900. The second-order valence-corrected chi connectivity index (χ2v) is 4.41. The summed E-state index contributed by atoms with van der Waals surface area (Å²) < 4.78 is 2.22. The van der Waals surface area contributed by atoms with Crippen LogP contribution in [0.2, 0.25) is 0 Å². The van der Waals surface area contributed by atoms with Gasteiger partial charge in [-0.3, -0.25) is 0 Å². The second-order valence-electron chi connectivity index (χ2n) is 4.41. The molecule has 2 N–H and O–H groups in total. The molecule has 1 rings (SSSR count).